The van der Waals surface area contributed by atoms with Crippen LogP contribution in [0.1, 0.15) is 17.9 Å². The van der Waals surface area contributed by atoms with E-state index in [1.807, 2.05) is 30.3 Å². The zero-order valence-electron chi connectivity index (χ0n) is 9.38. The quantitative estimate of drug-likeness (QED) is 0.637. The van der Waals surface area contributed by atoms with E-state index in [0.29, 0.717) is 5.75 Å². The lowest BCUT2D eigenvalue weighted by atomic mass is 10.2. The summed E-state index contributed by atoms with van der Waals surface area (Å²) < 4.78 is 4.56. The number of rotatable bonds is 2. The Morgan fingerprint density at radius 2 is 2.06 bits per heavy atom. The van der Waals surface area contributed by atoms with Gasteiger partial charge in [-0.2, -0.15) is 0 Å². The number of hydrogen-bond donors (Lipinski definition) is 1. The molecule has 1 saturated heterocycles. The van der Waals surface area contributed by atoms with Crippen LogP contribution in [0.3, 0.4) is 0 Å². The van der Waals surface area contributed by atoms with Crippen LogP contribution in [0.15, 0.2) is 30.3 Å². The zero-order valence-corrected chi connectivity index (χ0v) is 10.2. The van der Waals surface area contributed by atoms with Crippen LogP contribution in [-0.2, 0) is 14.3 Å². The number of carbonyl (C=O) groups excluding carboxylic acids is 2. The van der Waals surface area contributed by atoms with E-state index < -0.39 is 18.0 Å². The highest BCUT2D eigenvalue weighted by Crippen LogP contribution is 2.32. The Hall–Kier alpha value is -1.33. The molecule has 5 heteroatoms. The maximum Gasteiger partial charge on any atom is 0.331 e. The van der Waals surface area contributed by atoms with Crippen molar-refractivity contribution in [2.75, 3.05) is 5.75 Å². The molecule has 1 aromatic carbocycles. The van der Waals surface area contributed by atoms with E-state index in [1.165, 1.54) is 6.92 Å². The van der Waals surface area contributed by atoms with Gasteiger partial charge >= 0.3 is 11.9 Å². The third-order valence-corrected chi connectivity index (χ3v) is 3.68. The highest BCUT2D eigenvalue weighted by atomic mass is 32.2. The van der Waals surface area contributed by atoms with Crippen molar-refractivity contribution in [1.82, 2.24) is 5.32 Å². The number of benzene rings is 1. The first-order valence-electron chi connectivity index (χ1n) is 5.31. The highest BCUT2D eigenvalue weighted by molar-refractivity contribution is 7.99. The van der Waals surface area contributed by atoms with Crippen LogP contribution in [0.4, 0.5) is 0 Å². The number of nitrogens with one attached hydrogen (secondary N) is 1. The van der Waals surface area contributed by atoms with Crippen LogP contribution < -0.4 is 5.32 Å². The fourth-order valence-corrected chi connectivity index (χ4v) is 2.87. The molecular weight excluding hydrogens is 238 g/mol. The largest absolute Gasteiger partial charge is 0.392 e. The predicted octanol–water partition coefficient (Wildman–Crippen LogP) is 1.48. The molecule has 2 unspecified atom stereocenters. The van der Waals surface area contributed by atoms with Gasteiger partial charge in [0.15, 0.2) is 0 Å². The molecule has 1 N–H and O–H groups in total. The molecule has 17 heavy (non-hydrogen) atoms. The molecule has 0 radical (unpaired) electrons. The molecule has 1 aromatic rings. The maximum absolute atomic E-state index is 11.5. The molecule has 0 bridgehead atoms. The first kappa shape index (κ1) is 12.1. The highest BCUT2D eigenvalue weighted by Gasteiger charge is 2.32. The first-order chi connectivity index (χ1) is 8.16. The average molecular weight is 251 g/mol. The van der Waals surface area contributed by atoms with Crippen molar-refractivity contribution >= 4 is 23.7 Å². The minimum absolute atomic E-state index is 0.0840. The summed E-state index contributed by atoms with van der Waals surface area (Å²) in [4.78, 5) is 22.2. The normalized spacial score (nSPS) is 23.4. The van der Waals surface area contributed by atoms with E-state index >= 15 is 0 Å². The van der Waals surface area contributed by atoms with E-state index in [-0.39, 0.29) is 5.37 Å². The van der Waals surface area contributed by atoms with Crippen LogP contribution in [0, 0.1) is 0 Å². The summed E-state index contributed by atoms with van der Waals surface area (Å²) in [6, 6.07) is 9.46. The lowest BCUT2D eigenvalue weighted by Gasteiger charge is -2.11. The monoisotopic (exact) mass is 251 g/mol. The van der Waals surface area contributed by atoms with Gasteiger partial charge in [0.2, 0.25) is 0 Å². The van der Waals surface area contributed by atoms with Gasteiger partial charge in [-0.25, -0.2) is 4.79 Å². The van der Waals surface area contributed by atoms with Crippen molar-refractivity contribution in [2.24, 2.45) is 0 Å². The molecule has 1 fully saturated rings. The molecule has 90 valence electrons. The van der Waals surface area contributed by atoms with Crippen molar-refractivity contribution in [3.05, 3.63) is 35.9 Å². The van der Waals surface area contributed by atoms with Gasteiger partial charge in [-0.3, -0.25) is 10.1 Å². The van der Waals surface area contributed by atoms with Gasteiger partial charge < -0.3 is 4.74 Å². The number of ether oxygens (including phenoxy) is 1. The second kappa shape index (κ2) is 5.33. The summed E-state index contributed by atoms with van der Waals surface area (Å²) in [7, 11) is 0. The molecule has 0 spiro atoms. The Labute approximate surface area is 104 Å². The Kier molecular flexibility index (Phi) is 3.81. The second-order valence-electron chi connectivity index (χ2n) is 3.76. The van der Waals surface area contributed by atoms with Crippen LogP contribution in [0.2, 0.25) is 0 Å². The molecule has 1 heterocycles. The topological polar surface area (TPSA) is 55.4 Å². The van der Waals surface area contributed by atoms with Gasteiger partial charge in [0, 0.05) is 12.7 Å². The summed E-state index contributed by atoms with van der Waals surface area (Å²) in [6.45, 7) is 1.23. The first-order valence-corrected chi connectivity index (χ1v) is 6.36. The van der Waals surface area contributed by atoms with Crippen LogP contribution >= 0.6 is 11.8 Å². The van der Waals surface area contributed by atoms with Crippen LogP contribution in [-0.4, -0.2) is 23.7 Å². The summed E-state index contributed by atoms with van der Waals surface area (Å²) in [5.41, 5.74) is 1.12. The molecule has 0 aliphatic carbocycles. The van der Waals surface area contributed by atoms with Gasteiger partial charge in [-0.1, -0.05) is 30.3 Å². The fourth-order valence-electron chi connectivity index (χ4n) is 1.64. The molecule has 1 aliphatic rings. The van der Waals surface area contributed by atoms with Crippen molar-refractivity contribution in [2.45, 2.75) is 18.3 Å². The van der Waals surface area contributed by atoms with Crippen molar-refractivity contribution in [3.63, 3.8) is 0 Å². The van der Waals surface area contributed by atoms with E-state index in [1.54, 1.807) is 11.8 Å². The molecule has 2 atom stereocenters. The Morgan fingerprint density at radius 3 is 2.71 bits per heavy atom. The summed E-state index contributed by atoms with van der Waals surface area (Å²) in [5, 5.41) is 3.23. The van der Waals surface area contributed by atoms with Crippen molar-refractivity contribution in [1.29, 1.82) is 0 Å². The van der Waals surface area contributed by atoms with E-state index in [0.717, 1.165) is 5.56 Å². The van der Waals surface area contributed by atoms with Crippen molar-refractivity contribution < 1.29 is 14.3 Å². The molecular formula is C12H13NO3S. The van der Waals surface area contributed by atoms with E-state index in [2.05, 4.69) is 10.1 Å². The average Bonchev–Trinajstić information content (AvgIpc) is 2.78. The third-order valence-electron chi connectivity index (χ3n) is 2.41. The van der Waals surface area contributed by atoms with E-state index in [4.69, 9.17) is 0 Å². The smallest absolute Gasteiger partial charge is 0.331 e. The lowest BCUT2D eigenvalue weighted by molar-refractivity contribution is -0.159. The molecule has 0 aromatic heterocycles. The van der Waals surface area contributed by atoms with Gasteiger partial charge in [-0.15, -0.1) is 11.8 Å². The molecule has 4 nitrogen and oxygen atoms in total. The lowest BCUT2D eigenvalue weighted by Crippen LogP contribution is -2.36. The molecule has 0 saturated carbocycles. The maximum atomic E-state index is 11.5. The SMILES string of the molecule is CC(=O)OC(=O)C1CSC(c2ccccc2)N1. The minimum atomic E-state index is -0.565. The molecule has 0 amide bonds. The van der Waals surface area contributed by atoms with Gasteiger partial charge in [0.25, 0.3) is 0 Å². The molecule has 1 aliphatic heterocycles. The predicted molar refractivity (Wildman–Crippen MR) is 65.3 cm³/mol. The third kappa shape index (κ3) is 3.08. The Bertz CT molecular complexity index is 421. The van der Waals surface area contributed by atoms with Crippen LogP contribution in [0.5, 0.6) is 0 Å². The zero-order chi connectivity index (χ0) is 12.3. The Balaban J connectivity index is 1.96. The summed E-state index contributed by atoms with van der Waals surface area (Å²) in [5.74, 6) is -0.445. The number of thioether (sulfide) groups is 1. The summed E-state index contributed by atoms with van der Waals surface area (Å²) >= 11 is 1.64. The van der Waals surface area contributed by atoms with Crippen LogP contribution in [0.25, 0.3) is 0 Å². The van der Waals surface area contributed by atoms with Crippen molar-refractivity contribution in [3.8, 4) is 0 Å². The number of esters is 2. The second-order valence-corrected chi connectivity index (χ2v) is 4.89. The Morgan fingerprint density at radius 1 is 1.35 bits per heavy atom. The number of carbonyl (C=O) groups is 2. The van der Waals surface area contributed by atoms with Gasteiger partial charge in [-0.05, 0) is 5.56 Å². The number of hydrogen-bond acceptors (Lipinski definition) is 5. The fraction of sp³-hybridized carbons (Fsp3) is 0.333. The summed E-state index contributed by atoms with van der Waals surface area (Å²) in [6.07, 6.45) is 0. The van der Waals surface area contributed by atoms with Gasteiger partial charge in [0.1, 0.15) is 6.04 Å². The molecule has 2 rings (SSSR count). The van der Waals surface area contributed by atoms with E-state index in [9.17, 15) is 9.59 Å². The van der Waals surface area contributed by atoms with Gasteiger partial charge in [0.05, 0.1) is 5.37 Å². The minimum Gasteiger partial charge on any atom is -0.392 e. The standard InChI is InChI=1S/C12H13NO3S/c1-8(14)16-12(15)10-7-17-11(13-10)9-5-3-2-4-6-9/h2-6,10-11,13H,7H2,1H3.